The lowest BCUT2D eigenvalue weighted by atomic mass is 10.1. The van der Waals surface area contributed by atoms with Gasteiger partial charge in [0.25, 0.3) is 0 Å². The lowest BCUT2D eigenvalue weighted by molar-refractivity contribution is 0.452. The molecule has 2 N–H and O–H groups in total. The first kappa shape index (κ1) is 9.22. The van der Waals surface area contributed by atoms with Crippen molar-refractivity contribution in [2.75, 3.05) is 0 Å². The van der Waals surface area contributed by atoms with Gasteiger partial charge in [0.05, 0.1) is 0 Å². The van der Waals surface area contributed by atoms with E-state index in [-0.39, 0.29) is 10.6 Å². The summed E-state index contributed by atoms with van der Waals surface area (Å²) < 4.78 is 19.4. The van der Waals surface area contributed by atoms with Gasteiger partial charge in [0.1, 0.15) is 10.6 Å². The van der Waals surface area contributed by atoms with Gasteiger partial charge in [-0.1, -0.05) is 6.07 Å². The summed E-state index contributed by atoms with van der Waals surface area (Å²) in [5, 5.41) is 9.34. The summed E-state index contributed by atoms with van der Waals surface area (Å²) in [6.07, 6.45) is 0. The highest BCUT2D eigenvalue weighted by Gasteiger charge is 2.09. The summed E-state index contributed by atoms with van der Waals surface area (Å²) >= 11 is -2.11. The van der Waals surface area contributed by atoms with Crippen molar-refractivity contribution in [1.29, 1.82) is 0 Å². The van der Waals surface area contributed by atoms with E-state index in [2.05, 4.69) is 0 Å². The Morgan fingerprint density at radius 1 is 1.33 bits per heavy atom. The number of aromatic hydroxyl groups is 1. The number of phenolic OH excluding ortho intramolecular Hbond substituents is 1. The van der Waals surface area contributed by atoms with Crippen molar-refractivity contribution in [2.45, 2.75) is 18.7 Å². The van der Waals surface area contributed by atoms with Crippen molar-refractivity contribution in [3.05, 3.63) is 23.3 Å². The second kappa shape index (κ2) is 3.25. The maximum Gasteiger partial charge on any atom is 0.190 e. The Kier molecular flexibility index (Phi) is 2.49. The van der Waals surface area contributed by atoms with Gasteiger partial charge in [0.2, 0.25) is 0 Å². The predicted molar refractivity (Wildman–Crippen MR) is 46.6 cm³/mol. The van der Waals surface area contributed by atoms with Crippen LogP contribution in [0.2, 0.25) is 0 Å². The lowest BCUT2D eigenvalue weighted by Gasteiger charge is -2.04. The lowest BCUT2D eigenvalue weighted by Crippen LogP contribution is -1.92. The first-order valence-corrected chi connectivity index (χ1v) is 4.54. The molecule has 0 amide bonds. The summed E-state index contributed by atoms with van der Waals surface area (Å²) in [6.45, 7) is 3.50. The minimum Gasteiger partial charge on any atom is -0.506 e. The number of rotatable bonds is 1. The van der Waals surface area contributed by atoms with Crippen molar-refractivity contribution < 1.29 is 13.9 Å². The molecule has 1 atom stereocenters. The van der Waals surface area contributed by atoms with Gasteiger partial charge in [-0.15, -0.1) is 0 Å². The Morgan fingerprint density at radius 3 is 2.42 bits per heavy atom. The number of hydrogen-bond acceptors (Lipinski definition) is 2. The van der Waals surface area contributed by atoms with Crippen molar-refractivity contribution in [2.24, 2.45) is 0 Å². The molecule has 12 heavy (non-hydrogen) atoms. The van der Waals surface area contributed by atoms with E-state index in [0.29, 0.717) is 5.56 Å². The van der Waals surface area contributed by atoms with Gasteiger partial charge in [-0.2, -0.15) is 0 Å². The van der Waals surface area contributed by atoms with Gasteiger partial charge in [-0.05, 0) is 31.0 Å². The van der Waals surface area contributed by atoms with Crippen LogP contribution in [0.15, 0.2) is 17.0 Å². The predicted octanol–water partition coefficient (Wildman–Crippen LogP) is 1.59. The van der Waals surface area contributed by atoms with E-state index in [1.807, 2.05) is 6.92 Å². The van der Waals surface area contributed by atoms with Crippen molar-refractivity contribution >= 4 is 11.1 Å². The van der Waals surface area contributed by atoms with Crippen LogP contribution in [0.5, 0.6) is 5.75 Å². The van der Waals surface area contributed by atoms with E-state index in [0.717, 1.165) is 5.56 Å². The van der Waals surface area contributed by atoms with E-state index in [4.69, 9.17) is 4.55 Å². The molecule has 0 radical (unpaired) electrons. The van der Waals surface area contributed by atoms with Crippen LogP contribution >= 0.6 is 0 Å². The Morgan fingerprint density at radius 2 is 1.92 bits per heavy atom. The molecule has 0 bridgehead atoms. The van der Waals surface area contributed by atoms with Crippen LogP contribution in [0.1, 0.15) is 11.1 Å². The van der Waals surface area contributed by atoms with Crippen molar-refractivity contribution in [3.8, 4) is 5.75 Å². The number of phenols is 1. The highest BCUT2D eigenvalue weighted by Crippen LogP contribution is 2.25. The van der Waals surface area contributed by atoms with Crippen LogP contribution in [0.4, 0.5) is 0 Å². The second-order valence-corrected chi connectivity index (χ2v) is 3.62. The van der Waals surface area contributed by atoms with Crippen molar-refractivity contribution in [3.63, 3.8) is 0 Å². The minimum absolute atomic E-state index is 0.0764. The van der Waals surface area contributed by atoms with E-state index in [1.165, 1.54) is 6.07 Å². The molecule has 1 unspecified atom stereocenters. The topological polar surface area (TPSA) is 57.5 Å². The molecule has 0 aliphatic carbocycles. The number of benzene rings is 1. The Balaban J connectivity index is 3.37. The van der Waals surface area contributed by atoms with E-state index in [1.54, 1.807) is 13.0 Å². The quantitative estimate of drug-likeness (QED) is 0.655. The maximum atomic E-state index is 10.7. The van der Waals surface area contributed by atoms with E-state index in [9.17, 15) is 9.32 Å². The molecule has 0 saturated heterocycles. The van der Waals surface area contributed by atoms with Gasteiger partial charge in [0.15, 0.2) is 11.1 Å². The fourth-order valence-corrected chi connectivity index (χ4v) is 1.67. The van der Waals surface area contributed by atoms with E-state index < -0.39 is 11.1 Å². The van der Waals surface area contributed by atoms with Crippen LogP contribution in [0.3, 0.4) is 0 Å². The van der Waals surface area contributed by atoms with Gasteiger partial charge in [-0.3, -0.25) is 0 Å². The Hall–Kier alpha value is -0.870. The van der Waals surface area contributed by atoms with Crippen LogP contribution in [-0.4, -0.2) is 13.9 Å². The first-order valence-electron chi connectivity index (χ1n) is 3.43. The Bertz CT molecular complexity index is 333. The smallest absolute Gasteiger partial charge is 0.190 e. The average Bonchev–Trinajstić information content (AvgIpc) is 1.96. The molecule has 3 nitrogen and oxygen atoms in total. The van der Waals surface area contributed by atoms with Crippen LogP contribution in [0, 0.1) is 13.8 Å². The van der Waals surface area contributed by atoms with Gasteiger partial charge in [0, 0.05) is 0 Å². The molecule has 1 aromatic rings. The maximum absolute atomic E-state index is 10.7. The second-order valence-electron chi connectivity index (χ2n) is 2.68. The molecule has 1 rings (SSSR count). The highest BCUT2D eigenvalue weighted by molar-refractivity contribution is 7.79. The summed E-state index contributed by atoms with van der Waals surface area (Å²) in [5.74, 6) is -0.0959. The third-order valence-corrected chi connectivity index (χ3v) is 2.29. The van der Waals surface area contributed by atoms with E-state index >= 15 is 0 Å². The standard InChI is InChI=1S/C8H10O3S/c1-5-3-6(2)8(9)7(4-5)12(10)11/h3-4,9H,1-2H3,(H,10,11). The third kappa shape index (κ3) is 1.65. The molecule has 66 valence electrons. The largest absolute Gasteiger partial charge is 0.506 e. The number of hydrogen-bond donors (Lipinski definition) is 2. The molecule has 0 heterocycles. The monoisotopic (exact) mass is 186 g/mol. The molecular weight excluding hydrogens is 176 g/mol. The van der Waals surface area contributed by atoms with Crippen LogP contribution < -0.4 is 0 Å². The molecule has 0 spiro atoms. The zero-order valence-electron chi connectivity index (χ0n) is 6.87. The summed E-state index contributed by atoms with van der Waals surface area (Å²) in [4.78, 5) is 0.0764. The van der Waals surface area contributed by atoms with Crippen LogP contribution in [0.25, 0.3) is 0 Å². The molecule has 0 fully saturated rings. The summed E-state index contributed by atoms with van der Waals surface area (Å²) in [7, 11) is 0. The fourth-order valence-electron chi connectivity index (χ4n) is 1.05. The molecule has 0 aliphatic rings. The molecule has 0 aromatic heterocycles. The van der Waals surface area contributed by atoms with Crippen molar-refractivity contribution in [1.82, 2.24) is 0 Å². The molecule has 0 aliphatic heterocycles. The first-order chi connectivity index (χ1) is 5.52. The number of aryl methyl sites for hydroxylation is 2. The third-order valence-electron chi connectivity index (χ3n) is 1.60. The van der Waals surface area contributed by atoms with Gasteiger partial charge >= 0.3 is 0 Å². The average molecular weight is 186 g/mol. The fraction of sp³-hybridized carbons (Fsp3) is 0.250. The molecule has 0 saturated carbocycles. The SMILES string of the molecule is Cc1cc(C)c(O)c(S(=O)O)c1. The zero-order chi connectivity index (χ0) is 9.30. The van der Waals surface area contributed by atoms with Crippen LogP contribution in [-0.2, 0) is 11.1 Å². The molecule has 1 aromatic carbocycles. The van der Waals surface area contributed by atoms with Gasteiger partial charge in [-0.25, -0.2) is 4.21 Å². The minimum atomic E-state index is -2.11. The molecular formula is C8H10O3S. The summed E-state index contributed by atoms with van der Waals surface area (Å²) in [5.41, 5.74) is 1.48. The highest BCUT2D eigenvalue weighted by atomic mass is 32.2. The Labute approximate surface area is 73.3 Å². The van der Waals surface area contributed by atoms with Gasteiger partial charge < -0.3 is 9.66 Å². The summed E-state index contributed by atoms with van der Waals surface area (Å²) in [6, 6.07) is 3.25. The zero-order valence-corrected chi connectivity index (χ0v) is 7.68. The molecule has 4 heteroatoms. The normalized spacial score (nSPS) is 12.9.